The maximum atomic E-state index is 5.36. The van der Waals surface area contributed by atoms with Gasteiger partial charge in [-0.05, 0) is 19.9 Å². The SMILES string of the molecule is C=C(C)N/C(N)=C\C.CC. The lowest BCUT2D eigenvalue weighted by Gasteiger charge is -2.01. The van der Waals surface area contributed by atoms with Gasteiger partial charge in [-0.3, -0.25) is 0 Å². The van der Waals surface area contributed by atoms with Crippen molar-refractivity contribution in [3.05, 3.63) is 24.2 Å². The molecule has 0 atom stereocenters. The predicted molar refractivity (Wildman–Crippen MR) is 47.2 cm³/mol. The number of hydrogen-bond acceptors (Lipinski definition) is 2. The van der Waals surface area contributed by atoms with Gasteiger partial charge in [0.1, 0.15) is 0 Å². The Morgan fingerprint density at radius 1 is 1.50 bits per heavy atom. The molecule has 0 amide bonds. The van der Waals surface area contributed by atoms with Gasteiger partial charge in [-0.1, -0.05) is 20.4 Å². The normalized spacial score (nSPS) is 9.40. The summed E-state index contributed by atoms with van der Waals surface area (Å²) in [5.41, 5.74) is 6.22. The molecule has 0 aromatic carbocycles. The summed E-state index contributed by atoms with van der Waals surface area (Å²) in [4.78, 5) is 0. The fourth-order valence-electron chi connectivity index (χ4n) is 0.319. The molecule has 0 bridgehead atoms. The van der Waals surface area contributed by atoms with Crippen LogP contribution in [0.25, 0.3) is 0 Å². The zero-order valence-electron chi connectivity index (χ0n) is 7.36. The van der Waals surface area contributed by atoms with E-state index in [4.69, 9.17) is 5.73 Å². The van der Waals surface area contributed by atoms with Crippen LogP contribution in [0.1, 0.15) is 27.7 Å². The molecule has 10 heavy (non-hydrogen) atoms. The van der Waals surface area contributed by atoms with E-state index in [1.54, 1.807) is 6.08 Å². The molecule has 3 N–H and O–H groups in total. The van der Waals surface area contributed by atoms with Gasteiger partial charge in [0.25, 0.3) is 0 Å². The highest BCUT2D eigenvalue weighted by Gasteiger charge is 1.81. The van der Waals surface area contributed by atoms with Crippen LogP contribution in [0.4, 0.5) is 0 Å². The van der Waals surface area contributed by atoms with Crippen molar-refractivity contribution in [2.24, 2.45) is 5.73 Å². The lowest BCUT2D eigenvalue weighted by Crippen LogP contribution is -2.16. The van der Waals surface area contributed by atoms with E-state index in [9.17, 15) is 0 Å². The molecule has 0 saturated heterocycles. The second-order valence-electron chi connectivity index (χ2n) is 1.65. The lowest BCUT2D eigenvalue weighted by molar-refractivity contribution is 0.948. The highest BCUT2D eigenvalue weighted by molar-refractivity contribution is 5.01. The number of rotatable bonds is 2. The third-order valence-electron chi connectivity index (χ3n) is 0.669. The molecule has 0 aromatic heterocycles. The van der Waals surface area contributed by atoms with Crippen LogP contribution < -0.4 is 11.1 Å². The zero-order valence-corrected chi connectivity index (χ0v) is 7.36. The third kappa shape index (κ3) is 10.1. The molecule has 0 unspecified atom stereocenters. The monoisotopic (exact) mass is 142 g/mol. The van der Waals surface area contributed by atoms with Crippen molar-refractivity contribution in [2.75, 3.05) is 0 Å². The highest BCUT2D eigenvalue weighted by atomic mass is 15.0. The fraction of sp³-hybridized carbons (Fsp3) is 0.500. The molecule has 0 saturated carbocycles. The van der Waals surface area contributed by atoms with Crippen molar-refractivity contribution in [3.8, 4) is 0 Å². The average Bonchev–Trinajstić information content (AvgIpc) is 1.91. The number of hydrogen-bond donors (Lipinski definition) is 2. The maximum Gasteiger partial charge on any atom is 0.0958 e. The first-order valence-corrected chi connectivity index (χ1v) is 3.51. The molecule has 60 valence electrons. The molecular formula is C8H18N2. The van der Waals surface area contributed by atoms with Crippen LogP contribution in [0, 0.1) is 0 Å². The molecule has 0 radical (unpaired) electrons. The molecule has 2 heteroatoms. The third-order valence-corrected chi connectivity index (χ3v) is 0.669. The van der Waals surface area contributed by atoms with E-state index in [0.29, 0.717) is 5.82 Å². The van der Waals surface area contributed by atoms with Gasteiger partial charge >= 0.3 is 0 Å². The summed E-state index contributed by atoms with van der Waals surface area (Å²) < 4.78 is 0. The van der Waals surface area contributed by atoms with E-state index in [-0.39, 0.29) is 0 Å². The second-order valence-corrected chi connectivity index (χ2v) is 1.65. The Balaban J connectivity index is 0. The summed E-state index contributed by atoms with van der Waals surface area (Å²) in [5, 5.41) is 2.84. The van der Waals surface area contributed by atoms with Crippen molar-refractivity contribution >= 4 is 0 Å². The molecule has 0 aromatic rings. The molecule has 0 fully saturated rings. The topological polar surface area (TPSA) is 38.0 Å². The molecule has 0 heterocycles. The predicted octanol–water partition coefficient (Wildman–Crippen LogP) is 1.96. The summed E-state index contributed by atoms with van der Waals surface area (Å²) in [5.74, 6) is 0.650. The van der Waals surface area contributed by atoms with Gasteiger partial charge < -0.3 is 11.1 Å². The maximum absolute atomic E-state index is 5.36. The Kier molecular flexibility index (Phi) is 9.56. The molecule has 0 aliphatic carbocycles. The minimum absolute atomic E-state index is 0.650. The van der Waals surface area contributed by atoms with Crippen LogP contribution >= 0.6 is 0 Å². The Hall–Kier alpha value is -0.920. The van der Waals surface area contributed by atoms with Gasteiger partial charge in [-0.2, -0.15) is 0 Å². The quantitative estimate of drug-likeness (QED) is 0.618. The van der Waals surface area contributed by atoms with E-state index in [1.807, 2.05) is 27.7 Å². The van der Waals surface area contributed by atoms with Gasteiger partial charge in [-0.25, -0.2) is 0 Å². The first-order chi connectivity index (χ1) is 4.66. The summed E-state index contributed by atoms with van der Waals surface area (Å²) in [6, 6.07) is 0. The minimum Gasteiger partial charge on any atom is -0.386 e. The van der Waals surface area contributed by atoms with E-state index in [2.05, 4.69) is 11.9 Å². The van der Waals surface area contributed by atoms with E-state index >= 15 is 0 Å². The zero-order chi connectivity index (χ0) is 8.57. The summed E-state index contributed by atoms with van der Waals surface area (Å²) in [6.45, 7) is 11.3. The van der Waals surface area contributed by atoms with E-state index in [1.165, 1.54) is 0 Å². The van der Waals surface area contributed by atoms with Crippen molar-refractivity contribution in [3.63, 3.8) is 0 Å². The summed E-state index contributed by atoms with van der Waals surface area (Å²) in [7, 11) is 0. The largest absolute Gasteiger partial charge is 0.386 e. The second kappa shape index (κ2) is 8.08. The van der Waals surface area contributed by atoms with Crippen LogP contribution in [-0.2, 0) is 0 Å². The van der Waals surface area contributed by atoms with Gasteiger partial charge in [0.05, 0.1) is 5.82 Å². The fourth-order valence-corrected chi connectivity index (χ4v) is 0.319. The number of nitrogens with one attached hydrogen (secondary N) is 1. The van der Waals surface area contributed by atoms with Crippen molar-refractivity contribution < 1.29 is 0 Å². The van der Waals surface area contributed by atoms with Gasteiger partial charge in [0, 0.05) is 5.70 Å². The van der Waals surface area contributed by atoms with Crippen molar-refractivity contribution in [1.29, 1.82) is 0 Å². The number of nitrogens with two attached hydrogens (primary N) is 1. The Morgan fingerprint density at radius 2 is 1.90 bits per heavy atom. The van der Waals surface area contributed by atoms with Crippen LogP contribution in [-0.4, -0.2) is 0 Å². The van der Waals surface area contributed by atoms with Gasteiger partial charge in [0.15, 0.2) is 0 Å². The van der Waals surface area contributed by atoms with Gasteiger partial charge in [0.2, 0.25) is 0 Å². The minimum atomic E-state index is 0.650. The van der Waals surface area contributed by atoms with Gasteiger partial charge in [-0.15, -0.1) is 0 Å². The molecule has 0 rings (SSSR count). The van der Waals surface area contributed by atoms with Crippen molar-refractivity contribution in [2.45, 2.75) is 27.7 Å². The van der Waals surface area contributed by atoms with E-state index < -0.39 is 0 Å². The van der Waals surface area contributed by atoms with Crippen LogP contribution in [0.5, 0.6) is 0 Å². The number of allylic oxidation sites excluding steroid dienone is 2. The van der Waals surface area contributed by atoms with Crippen LogP contribution in [0.3, 0.4) is 0 Å². The lowest BCUT2D eigenvalue weighted by atomic mass is 10.5. The summed E-state index contributed by atoms with van der Waals surface area (Å²) >= 11 is 0. The standard InChI is InChI=1S/C6H12N2.C2H6/c1-4-6(7)8-5(2)3;1-2/h4,8H,2,7H2,1,3H3;1-2H3/b6-4-;. The Bertz CT molecular complexity index is 114. The average molecular weight is 142 g/mol. The van der Waals surface area contributed by atoms with Crippen molar-refractivity contribution in [1.82, 2.24) is 5.32 Å². The Morgan fingerprint density at radius 3 is 2.00 bits per heavy atom. The van der Waals surface area contributed by atoms with Crippen LogP contribution in [0.15, 0.2) is 24.2 Å². The molecule has 0 aliphatic heterocycles. The molecule has 2 nitrogen and oxygen atoms in total. The molecule has 0 spiro atoms. The van der Waals surface area contributed by atoms with E-state index in [0.717, 1.165) is 5.70 Å². The molecular weight excluding hydrogens is 124 g/mol. The first-order valence-electron chi connectivity index (χ1n) is 3.51. The van der Waals surface area contributed by atoms with Crippen LogP contribution in [0.2, 0.25) is 0 Å². The smallest absolute Gasteiger partial charge is 0.0958 e. The Labute approximate surface area is 63.8 Å². The first kappa shape index (κ1) is 11.8. The summed E-state index contributed by atoms with van der Waals surface area (Å²) in [6.07, 6.45) is 1.79. The molecule has 0 aliphatic rings. The highest BCUT2D eigenvalue weighted by Crippen LogP contribution is 1.82.